The second-order valence-corrected chi connectivity index (χ2v) is 5.89. The predicted octanol–water partition coefficient (Wildman–Crippen LogP) is 0.323. The number of likely N-dealkylation sites (N-methyl/N-ethyl adjacent to an activating group) is 1. The summed E-state index contributed by atoms with van der Waals surface area (Å²) in [6, 6.07) is 0. The molecule has 2 heterocycles. The monoisotopic (exact) mass is 308 g/mol. The molecule has 7 heteroatoms. The van der Waals surface area contributed by atoms with Crippen LogP contribution in [-0.4, -0.2) is 59.3 Å². The summed E-state index contributed by atoms with van der Waals surface area (Å²) in [5.74, 6) is -0.162. The van der Waals surface area contributed by atoms with E-state index >= 15 is 0 Å². The number of morpholine rings is 1. The maximum atomic E-state index is 12.4. The zero-order valence-corrected chi connectivity index (χ0v) is 13.7. The van der Waals surface area contributed by atoms with Crippen molar-refractivity contribution in [3.63, 3.8) is 0 Å². The lowest BCUT2D eigenvalue weighted by molar-refractivity contribution is -0.162. The summed E-state index contributed by atoms with van der Waals surface area (Å²) in [6.07, 6.45) is 1.06. The quantitative estimate of drug-likeness (QED) is 0.839. The minimum Gasteiger partial charge on any atom is -0.362 e. The van der Waals surface area contributed by atoms with Crippen LogP contribution >= 0.6 is 0 Å². The van der Waals surface area contributed by atoms with Gasteiger partial charge in [-0.25, -0.2) is 0 Å². The summed E-state index contributed by atoms with van der Waals surface area (Å²) in [5, 5.41) is 9.66. The van der Waals surface area contributed by atoms with E-state index in [1.165, 1.54) is 0 Å². The van der Waals surface area contributed by atoms with E-state index in [0.29, 0.717) is 26.0 Å². The third-order valence-electron chi connectivity index (χ3n) is 4.20. The lowest BCUT2D eigenvalue weighted by Gasteiger charge is -2.39. The normalized spacial score (nSPS) is 21.7. The Kier molecular flexibility index (Phi) is 4.85. The number of aromatic amines is 1. The van der Waals surface area contributed by atoms with Crippen molar-refractivity contribution >= 4 is 11.8 Å². The molecule has 2 rings (SSSR count). The molecule has 22 heavy (non-hydrogen) atoms. The molecule has 2 N–H and O–H groups in total. The van der Waals surface area contributed by atoms with Gasteiger partial charge in [-0.3, -0.25) is 14.7 Å². The second kappa shape index (κ2) is 6.48. The largest absolute Gasteiger partial charge is 0.362 e. The summed E-state index contributed by atoms with van der Waals surface area (Å²) in [5.41, 5.74) is 2.06. The number of aryl methyl sites for hydroxylation is 2. The zero-order chi connectivity index (χ0) is 16.3. The number of nitrogens with one attached hydrogen (secondary N) is 2. The molecule has 122 valence electrons. The first kappa shape index (κ1) is 16.5. The summed E-state index contributed by atoms with van der Waals surface area (Å²) >= 11 is 0. The molecule has 1 aliphatic rings. The van der Waals surface area contributed by atoms with Crippen LogP contribution in [0.15, 0.2) is 0 Å². The van der Waals surface area contributed by atoms with Gasteiger partial charge in [0.1, 0.15) is 0 Å². The molecule has 0 unspecified atom stereocenters. The zero-order valence-electron chi connectivity index (χ0n) is 13.7. The van der Waals surface area contributed by atoms with E-state index in [9.17, 15) is 9.59 Å². The summed E-state index contributed by atoms with van der Waals surface area (Å²) in [4.78, 5) is 26.0. The molecule has 2 amide bonds. The van der Waals surface area contributed by atoms with Gasteiger partial charge < -0.3 is 15.0 Å². The number of ether oxygens (including phenoxy) is 1. The molecule has 0 radical (unpaired) electrons. The number of nitrogens with zero attached hydrogens (tertiary/aromatic N) is 2. The predicted molar refractivity (Wildman–Crippen MR) is 81.4 cm³/mol. The molecule has 1 atom stereocenters. The van der Waals surface area contributed by atoms with E-state index in [1.54, 1.807) is 18.9 Å². The van der Waals surface area contributed by atoms with Gasteiger partial charge in [0.25, 0.3) is 5.91 Å². The van der Waals surface area contributed by atoms with Crippen molar-refractivity contribution in [2.75, 3.05) is 26.7 Å². The lowest BCUT2D eigenvalue weighted by atomic mass is 10.0. The highest BCUT2D eigenvalue weighted by Gasteiger charge is 2.40. The van der Waals surface area contributed by atoms with Crippen LogP contribution in [0.3, 0.4) is 0 Å². The summed E-state index contributed by atoms with van der Waals surface area (Å²) in [7, 11) is 1.57. The van der Waals surface area contributed by atoms with Crippen LogP contribution in [0.1, 0.15) is 30.3 Å². The Morgan fingerprint density at radius 2 is 2.18 bits per heavy atom. The number of H-pyrrole nitrogens is 1. The smallest absolute Gasteiger partial charge is 0.253 e. The molecule has 0 saturated carbocycles. The maximum absolute atomic E-state index is 12.4. The minimum absolute atomic E-state index is 0.0402. The van der Waals surface area contributed by atoms with Gasteiger partial charge in [0.2, 0.25) is 5.91 Å². The Bertz CT molecular complexity index is 550. The molecule has 1 aliphatic heterocycles. The van der Waals surface area contributed by atoms with Crippen LogP contribution in [0.25, 0.3) is 0 Å². The van der Waals surface area contributed by atoms with Crippen molar-refractivity contribution in [1.82, 2.24) is 20.4 Å². The van der Waals surface area contributed by atoms with E-state index in [2.05, 4.69) is 15.5 Å². The fourth-order valence-electron chi connectivity index (χ4n) is 2.82. The Morgan fingerprint density at radius 3 is 2.77 bits per heavy atom. The van der Waals surface area contributed by atoms with Crippen LogP contribution in [0.5, 0.6) is 0 Å². The highest BCUT2D eigenvalue weighted by molar-refractivity contribution is 5.86. The van der Waals surface area contributed by atoms with E-state index in [1.807, 2.05) is 13.8 Å². The Labute approximate surface area is 130 Å². The third-order valence-corrected chi connectivity index (χ3v) is 4.20. The van der Waals surface area contributed by atoms with Crippen molar-refractivity contribution in [3.8, 4) is 0 Å². The van der Waals surface area contributed by atoms with Crippen LogP contribution in [0.2, 0.25) is 0 Å². The van der Waals surface area contributed by atoms with Gasteiger partial charge in [0.05, 0.1) is 18.8 Å². The van der Waals surface area contributed by atoms with Gasteiger partial charge in [-0.15, -0.1) is 0 Å². The standard InChI is InChI=1S/C15H24N4O3/c1-10-12(11(2)18-17-10)5-6-13(20)19-7-8-22-15(3,9-19)14(21)16-4/h5-9H2,1-4H3,(H,16,21)(H,17,18)/t15-/m0/s1. The number of carbonyl (C=O) groups excluding carboxylic acids is 2. The number of amides is 2. The van der Waals surface area contributed by atoms with Crippen molar-refractivity contribution < 1.29 is 14.3 Å². The van der Waals surface area contributed by atoms with E-state index in [0.717, 1.165) is 17.0 Å². The lowest BCUT2D eigenvalue weighted by Crippen LogP contribution is -2.58. The molecule has 0 bridgehead atoms. The van der Waals surface area contributed by atoms with Gasteiger partial charge in [-0.2, -0.15) is 5.10 Å². The first-order chi connectivity index (χ1) is 10.4. The fraction of sp³-hybridized carbons (Fsp3) is 0.667. The second-order valence-electron chi connectivity index (χ2n) is 5.89. The highest BCUT2D eigenvalue weighted by atomic mass is 16.5. The molecule has 0 spiro atoms. The Balaban J connectivity index is 1.96. The van der Waals surface area contributed by atoms with Crippen LogP contribution < -0.4 is 5.32 Å². The van der Waals surface area contributed by atoms with Crippen molar-refractivity contribution in [3.05, 3.63) is 17.0 Å². The number of hydrogen-bond acceptors (Lipinski definition) is 4. The van der Waals surface area contributed by atoms with Gasteiger partial charge >= 0.3 is 0 Å². The van der Waals surface area contributed by atoms with Gasteiger partial charge in [0.15, 0.2) is 5.60 Å². The van der Waals surface area contributed by atoms with E-state index < -0.39 is 5.60 Å². The van der Waals surface area contributed by atoms with Crippen LogP contribution in [-0.2, 0) is 20.7 Å². The van der Waals surface area contributed by atoms with Gasteiger partial charge in [-0.1, -0.05) is 0 Å². The highest BCUT2D eigenvalue weighted by Crippen LogP contribution is 2.19. The number of rotatable bonds is 4. The molecule has 1 fully saturated rings. The number of hydrogen-bond donors (Lipinski definition) is 2. The molecule has 0 aromatic carbocycles. The average molecular weight is 308 g/mol. The SMILES string of the molecule is CNC(=O)[C@]1(C)CN(C(=O)CCc2c(C)n[nH]c2C)CCO1. The Hall–Kier alpha value is -1.89. The fourth-order valence-corrected chi connectivity index (χ4v) is 2.82. The van der Waals surface area contributed by atoms with Gasteiger partial charge in [0, 0.05) is 25.7 Å². The van der Waals surface area contributed by atoms with E-state index in [4.69, 9.17) is 4.74 Å². The minimum atomic E-state index is -0.968. The molecule has 1 aromatic heterocycles. The first-order valence-electron chi connectivity index (χ1n) is 7.51. The summed E-state index contributed by atoms with van der Waals surface area (Å²) < 4.78 is 5.57. The van der Waals surface area contributed by atoms with E-state index in [-0.39, 0.29) is 18.4 Å². The molecular formula is C15H24N4O3. The first-order valence-corrected chi connectivity index (χ1v) is 7.51. The molecule has 0 aliphatic carbocycles. The number of carbonyl (C=O) groups is 2. The topological polar surface area (TPSA) is 87.3 Å². The van der Waals surface area contributed by atoms with Crippen LogP contribution in [0, 0.1) is 13.8 Å². The van der Waals surface area contributed by atoms with Gasteiger partial charge in [-0.05, 0) is 32.8 Å². The molecule has 7 nitrogen and oxygen atoms in total. The van der Waals surface area contributed by atoms with Crippen molar-refractivity contribution in [2.45, 2.75) is 39.2 Å². The number of aromatic nitrogens is 2. The molecule has 1 aromatic rings. The van der Waals surface area contributed by atoms with Crippen molar-refractivity contribution in [1.29, 1.82) is 0 Å². The van der Waals surface area contributed by atoms with Crippen LogP contribution in [0.4, 0.5) is 0 Å². The third kappa shape index (κ3) is 3.30. The maximum Gasteiger partial charge on any atom is 0.253 e. The average Bonchev–Trinajstić information content (AvgIpc) is 2.82. The molecular weight excluding hydrogens is 284 g/mol. The molecule has 1 saturated heterocycles. The van der Waals surface area contributed by atoms with Crippen molar-refractivity contribution in [2.24, 2.45) is 0 Å². The Morgan fingerprint density at radius 1 is 1.45 bits per heavy atom. The summed E-state index contributed by atoms with van der Waals surface area (Å²) in [6.45, 7) is 6.79.